The highest BCUT2D eigenvalue weighted by molar-refractivity contribution is 5.05. The third-order valence-electron chi connectivity index (χ3n) is 5.40. The van der Waals surface area contributed by atoms with Crippen molar-refractivity contribution in [1.29, 1.82) is 0 Å². The Kier molecular flexibility index (Phi) is 2.35. The van der Waals surface area contributed by atoms with Gasteiger partial charge in [0.15, 0.2) is 0 Å². The Labute approximate surface area is 93.8 Å². The molecule has 3 fully saturated rings. The smallest absolute Gasteiger partial charge is 0.00485 e. The van der Waals surface area contributed by atoms with Crippen molar-refractivity contribution in [2.75, 3.05) is 6.54 Å². The van der Waals surface area contributed by atoms with Gasteiger partial charge in [0.05, 0.1) is 0 Å². The SMILES string of the molecule is NCC1CC2(CCCCC2)CC2(CC2)C1. The van der Waals surface area contributed by atoms with E-state index in [4.69, 9.17) is 5.73 Å². The minimum Gasteiger partial charge on any atom is -0.330 e. The van der Waals surface area contributed by atoms with Crippen LogP contribution in [0, 0.1) is 16.7 Å². The fraction of sp³-hybridized carbons (Fsp3) is 1.00. The van der Waals surface area contributed by atoms with Gasteiger partial charge in [-0.2, -0.15) is 0 Å². The van der Waals surface area contributed by atoms with Crippen LogP contribution >= 0.6 is 0 Å². The van der Waals surface area contributed by atoms with E-state index in [1.165, 1.54) is 57.8 Å². The van der Waals surface area contributed by atoms with Crippen molar-refractivity contribution < 1.29 is 0 Å². The quantitative estimate of drug-likeness (QED) is 0.700. The Morgan fingerprint density at radius 3 is 2.00 bits per heavy atom. The molecule has 86 valence electrons. The van der Waals surface area contributed by atoms with Gasteiger partial charge in [0.1, 0.15) is 0 Å². The molecule has 1 unspecified atom stereocenters. The molecule has 15 heavy (non-hydrogen) atoms. The maximum absolute atomic E-state index is 5.94. The molecule has 3 rings (SSSR count). The molecule has 0 radical (unpaired) electrons. The highest BCUT2D eigenvalue weighted by atomic mass is 14.6. The van der Waals surface area contributed by atoms with Crippen LogP contribution in [0.25, 0.3) is 0 Å². The number of hydrogen-bond donors (Lipinski definition) is 1. The summed E-state index contributed by atoms with van der Waals surface area (Å²) in [5.41, 5.74) is 7.48. The molecule has 0 aromatic heterocycles. The second-order valence-corrected chi connectivity index (χ2v) is 6.75. The molecule has 0 aromatic rings. The lowest BCUT2D eigenvalue weighted by molar-refractivity contribution is 0.0432. The molecule has 0 aromatic carbocycles. The lowest BCUT2D eigenvalue weighted by Crippen LogP contribution is -2.38. The molecular weight excluding hydrogens is 182 g/mol. The van der Waals surface area contributed by atoms with Crippen molar-refractivity contribution in [1.82, 2.24) is 0 Å². The third-order valence-corrected chi connectivity index (χ3v) is 5.40. The van der Waals surface area contributed by atoms with Gasteiger partial charge in [0.2, 0.25) is 0 Å². The Balaban J connectivity index is 1.76. The molecule has 3 aliphatic carbocycles. The van der Waals surface area contributed by atoms with Gasteiger partial charge < -0.3 is 5.73 Å². The fourth-order valence-electron chi connectivity index (χ4n) is 4.64. The standard InChI is InChI=1S/C14H25N/c15-10-12-8-13(4-2-1-3-5-13)11-14(9-12)6-7-14/h12H,1-11,15H2. The van der Waals surface area contributed by atoms with E-state index >= 15 is 0 Å². The predicted octanol–water partition coefficient (Wildman–Crippen LogP) is 3.48. The molecule has 0 amide bonds. The summed E-state index contributed by atoms with van der Waals surface area (Å²) in [6.45, 7) is 0.948. The summed E-state index contributed by atoms with van der Waals surface area (Å²) < 4.78 is 0. The van der Waals surface area contributed by atoms with Crippen LogP contribution in [-0.4, -0.2) is 6.54 Å². The van der Waals surface area contributed by atoms with Crippen LogP contribution in [0.15, 0.2) is 0 Å². The van der Waals surface area contributed by atoms with Gasteiger partial charge in [-0.1, -0.05) is 19.3 Å². The zero-order chi connectivity index (χ0) is 10.4. The van der Waals surface area contributed by atoms with Crippen LogP contribution < -0.4 is 5.73 Å². The maximum atomic E-state index is 5.94. The van der Waals surface area contributed by atoms with Gasteiger partial charge in [-0.25, -0.2) is 0 Å². The summed E-state index contributed by atoms with van der Waals surface area (Å²) in [7, 11) is 0. The lowest BCUT2D eigenvalue weighted by atomic mass is 9.58. The van der Waals surface area contributed by atoms with E-state index in [0.717, 1.165) is 23.3 Å². The first-order chi connectivity index (χ1) is 7.26. The first-order valence-electron chi connectivity index (χ1n) is 6.96. The third kappa shape index (κ3) is 1.84. The van der Waals surface area contributed by atoms with Gasteiger partial charge >= 0.3 is 0 Å². The largest absolute Gasteiger partial charge is 0.330 e. The molecule has 0 heterocycles. The average Bonchev–Trinajstić information content (AvgIpc) is 2.97. The summed E-state index contributed by atoms with van der Waals surface area (Å²) in [6, 6.07) is 0. The molecular formula is C14H25N. The van der Waals surface area contributed by atoms with Crippen LogP contribution in [0.4, 0.5) is 0 Å². The molecule has 3 saturated carbocycles. The topological polar surface area (TPSA) is 26.0 Å². The van der Waals surface area contributed by atoms with Gasteiger partial charge in [0, 0.05) is 0 Å². The van der Waals surface area contributed by atoms with Crippen molar-refractivity contribution in [3.05, 3.63) is 0 Å². The number of nitrogens with two attached hydrogens (primary N) is 1. The van der Waals surface area contributed by atoms with Crippen molar-refractivity contribution in [3.63, 3.8) is 0 Å². The van der Waals surface area contributed by atoms with Crippen LogP contribution in [0.3, 0.4) is 0 Å². The fourth-order valence-corrected chi connectivity index (χ4v) is 4.64. The predicted molar refractivity (Wildman–Crippen MR) is 63.6 cm³/mol. The first-order valence-corrected chi connectivity index (χ1v) is 6.96. The zero-order valence-corrected chi connectivity index (χ0v) is 9.93. The van der Waals surface area contributed by atoms with E-state index in [9.17, 15) is 0 Å². The summed E-state index contributed by atoms with van der Waals surface area (Å²) in [5.74, 6) is 0.861. The Hall–Kier alpha value is -0.0400. The van der Waals surface area contributed by atoms with Crippen molar-refractivity contribution in [2.24, 2.45) is 22.5 Å². The second-order valence-electron chi connectivity index (χ2n) is 6.75. The highest BCUT2D eigenvalue weighted by Gasteiger charge is 2.53. The molecule has 0 saturated heterocycles. The van der Waals surface area contributed by atoms with Crippen LogP contribution in [-0.2, 0) is 0 Å². The van der Waals surface area contributed by atoms with E-state index in [-0.39, 0.29) is 0 Å². The average molecular weight is 207 g/mol. The molecule has 1 atom stereocenters. The van der Waals surface area contributed by atoms with Crippen LogP contribution in [0.2, 0.25) is 0 Å². The molecule has 2 N–H and O–H groups in total. The maximum Gasteiger partial charge on any atom is -0.00485 e. The minimum atomic E-state index is 0.747. The van der Waals surface area contributed by atoms with E-state index in [2.05, 4.69) is 0 Å². The van der Waals surface area contributed by atoms with Crippen molar-refractivity contribution >= 4 is 0 Å². The Morgan fingerprint density at radius 1 is 0.867 bits per heavy atom. The van der Waals surface area contributed by atoms with Gasteiger partial charge in [-0.15, -0.1) is 0 Å². The zero-order valence-electron chi connectivity index (χ0n) is 9.93. The van der Waals surface area contributed by atoms with Crippen LogP contribution in [0.1, 0.15) is 64.2 Å². The highest BCUT2D eigenvalue weighted by Crippen LogP contribution is 2.65. The minimum absolute atomic E-state index is 0.747. The molecule has 1 nitrogen and oxygen atoms in total. The summed E-state index contributed by atoms with van der Waals surface area (Å²) in [4.78, 5) is 0. The van der Waals surface area contributed by atoms with Gasteiger partial charge in [0.25, 0.3) is 0 Å². The Morgan fingerprint density at radius 2 is 1.47 bits per heavy atom. The van der Waals surface area contributed by atoms with Crippen molar-refractivity contribution in [2.45, 2.75) is 64.2 Å². The summed E-state index contributed by atoms with van der Waals surface area (Å²) >= 11 is 0. The number of hydrogen-bond acceptors (Lipinski definition) is 1. The second kappa shape index (κ2) is 3.48. The normalized spacial score (nSPS) is 37.0. The first kappa shape index (κ1) is 10.1. The molecule has 2 spiro atoms. The van der Waals surface area contributed by atoms with Gasteiger partial charge in [-0.05, 0) is 68.2 Å². The molecule has 1 heteroatoms. The molecule has 3 aliphatic rings. The van der Waals surface area contributed by atoms with Gasteiger partial charge in [-0.3, -0.25) is 0 Å². The number of rotatable bonds is 1. The molecule has 0 aliphatic heterocycles. The van der Waals surface area contributed by atoms with E-state index in [0.29, 0.717) is 0 Å². The van der Waals surface area contributed by atoms with E-state index in [1.807, 2.05) is 0 Å². The van der Waals surface area contributed by atoms with Crippen LogP contribution in [0.5, 0.6) is 0 Å². The monoisotopic (exact) mass is 207 g/mol. The Bertz CT molecular complexity index is 236. The van der Waals surface area contributed by atoms with E-state index < -0.39 is 0 Å². The summed E-state index contributed by atoms with van der Waals surface area (Å²) in [6.07, 6.45) is 15.0. The van der Waals surface area contributed by atoms with Crippen molar-refractivity contribution in [3.8, 4) is 0 Å². The molecule has 0 bridgehead atoms. The summed E-state index contributed by atoms with van der Waals surface area (Å²) in [5, 5.41) is 0. The lowest BCUT2D eigenvalue weighted by Gasteiger charge is -2.47. The van der Waals surface area contributed by atoms with E-state index in [1.54, 1.807) is 6.42 Å².